The van der Waals surface area contributed by atoms with Crippen molar-refractivity contribution in [3.63, 3.8) is 0 Å². The Balaban J connectivity index is 2.80. The summed E-state index contributed by atoms with van der Waals surface area (Å²) in [6.45, 7) is 5.71. The third-order valence-corrected chi connectivity index (χ3v) is 11.6. The standard InChI is InChI=1S/C59H94O12/c1-4-7-10-13-16-19-22-25-26-29-32-35-38-41-44-47-53(62)70-57-55(64)54(63)56(58(65)66)71-59(57)68-49-50(69-52(61)46-43-40-37-34-31-28-24-21-18-15-12-9-6-3)48-67-51(60)45-42-39-36-33-30-27-23-20-17-14-11-8-5-2/h7,10-11,14,16,19-21,23-26,32,35,41,44,50,54-57,59,63-64H,4-6,8-9,12-13,15,17-18,22,27-31,33-34,36-40,42-43,45-49H2,1-3H3,(H,65,66)/b10-7-,14-11-,19-16-,23-20-,24-21-,26-25-,35-32-,44-41-. The van der Waals surface area contributed by atoms with Crippen LogP contribution in [0.15, 0.2) is 97.2 Å². The SMILES string of the molecule is CC/C=C\C/C=C\C/C=C\C/C=C\C/C=C\CC(=O)OC1C(OCC(COC(=O)CCCCCCC/C=C\C/C=C\CCC)OC(=O)CCCCCCC/C=C\CCCCCC)OC(C(=O)O)C(O)C1O. The highest BCUT2D eigenvalue weighted by Gasteiger charge is 2.50. The average Bonchev–Trinajstić information content (AvgIpc) is 3.35. The highest BCUT2D eigenvalue weighted by molar-refractivity contribution is 5.74. The topological polar surface area (TPSA) is 175 Å². The lowest BCUT2D eigenvalue weighted by molar-refractivity contribution is -0.301. The number of hydrogen-bond donors (Lipinski definition) is 3. The fraction of sp³-hybridized carbons (Fsp3) is 0.661. The number of allylic oxidation sites excluding steroid dienone is 15. The maximum atomic E-state index is 13.1. The van der Waals surface area contributed by atoms with E-state index in [2.05, 4.69) is 93.7 Å². The van der Waals surface area contributed by atoms with Crippen molar-refractivity contribution < 1.29 is 58.2 Å². The molecule has 1 aliphatic rings. The van der Waals surface area contributed by atoms with Crippen molar-refractivity contribution in [3.05, 3.63) is 97.2 Å². The molecular weight excluding hydrogens is 901 g/mol. The quantitative estimate of drug-likeness (QED) is 0.0228. The first kappa shape index (κ1) is 64.7. The Morgan fingerprint density at radius 3 is 1.49 bits per heavy atom. The molecule has 71 heavy (non-hydrogen) atoms. The number of ether oxygens (including phenoxy) is 5. The summed E-state index contributed by atoms with van der Waals surface area (Å²) in [7, 11) is 0. The van der Waals surface area contributed by atoms with E-state index in [1.807, 2.05) is 12.2 Å². The van der Waals surface area contributed by atoms with Gasteiger partial charge in [0.15, 0.2) is 24.6 Å². The van der Waals surface area contributed by atoms with Gasteiger partial charge in [0.1, 0.15) is 18.8 Å². The summed E-state index contributed by atoms with van der Waals surface area (Å²) in [4.78, 5) is 50.9. The number of aliphatic hydroxyl groups is 2. The summed E-state index contributed by atoms with van der Waals surface area (Å²) in [5.74, 6) is -3.33. The number of unbranched alkanes of at least 4 members (excludes halogenated alkanes) is 15. The normalized spacial score (nSPS) is 19.3. The minimum atomic E-state index is -1.94. The fourth-order valence-corrected chi connectivity index (χ4v) is 7.47. The van der Waals surface area contributed by atoms with Gasteiger partial charge in [-0.3, -0.25) is 14.4 Å². The van der Waals surface area contributed by atoms with Crippen LogP contribution in [0.2, 0.25) is 0 Å². The lowest BCUT2D eigenvalue weighted by Gasteiger charge is -2.40. The van der Waals surface area contributed by atoms with Gasteiger partial charge in [0.05, 0.1) is 13.0 Å². The maximum Gasteiger partial charge on any atom is 0.335 e. The van der Waals surface area contributed by atoms with E-state index in [4.69, 9.17) is 23.7 Å². The molecule has 0 aromatic heterocycles. The van der Waals surface area contributed by atoms with E-state index < -0.39 is 67.3 Å². The minimum Gasteiger partial charge on any atom is -0.479 e. The molecule has 0 aliphatic carbocycles. The Morgan fingerprint density at radius 1 is 0.493 bits per heavy atom. The summed E-state index contributed by atoms with van der Waals surface area (Å²) < 4.78 is 28.2. The summed E-state index contributed by atoms with van der Waals surface area (Å²) >= 11 is 0. The molecule has 0 radical (unpaired) electrons. The molecule has 0 spiro atoms. The predicted octanol–water partition coefficient (Wildman–Crippen LogP) is 13.3. The van der Waals surface area contributed by atoms with Gasteiger partial charge in [-0.25, -0.2) is 4.79 Å². The second-order valence-corrected chi connectivity index (χ2v) is 18.1. The number of aliphatic hydroxyl groups excluding tert-OH is 2. The zero-order valence-corrected chi connectivity index (χ0v) is 43.9. The third-order valence-electron chi connectivity index (χ3n) is 11.6. The Morgan fingerprint density at radius 2 is 0.958 bits per heavy atom. The van der Waals surface area contributed by atoms with Gasteiger partial charge in [-0.05, 0) is 96.3 Å². The second kappa shape index (κ2) is 46.7. The second-order valence-electron chi connectivity index (χ2n) is 18.1. The molecular formula is C59H94O12. The summed E-state index contributed by atoms with van der Waals surface area (Å²) in [6.07, 6.45) is 48.4. The first-order valence-corrected chi connectivity index (χ1v) is 27.2. The molecule has 3 N–H and O–H groups in total. The van der Waals surface area contributed by atoms with Gasteiger partial charge in [-0.1, -0.05) is 182 Å². The molecule has 6 atom stereocenters. The van der Waals surface area contributed by atoms with E-state index in [0.29, 0.717) is 19.3 Å². The molecule has 12 heteroatoms. The van der Waals surface area contributed by atoms with Gasteiger partial charge >= 0.3 is 23.9 Å². The Kier molecular flexibility index (Phi) is 42.5. The largest absolute Gasteiger partial charge is 0.479 e. The summed E-state index contributed by atoms with van der Waals surface area (Å²) in [6, 6.07) is 0. The molecule has 0 aromatic rings. The number of carbonyl (C=O) groups is 4. The monoisotopic (exact) mass is 995 g/mol. The number of carboxylic acid groups (broad SMARTS) is 1. The maximum absolute atomic E-state index is 13.1. The molecule has 402 valence electrons. The summed E-state index contributed by atoms with van der Waals surface area (Å²) in [5.41, 5.74) is 0. The first-order valence-electron chi connectivity index (χ1n) is 27.2. The van der Waals surface area contributed by atoms with E-state index in [-0.39, 0.29) is 25.9 Å². The molecule has 0 saturated carbocycles. The third kappa shape index (κ3) is 37.1. The summed E-state index contributed by atoms with van der Waals surface area (Å²) in [5, 5.41) is 31.3. The molecule has 1 saturated heterocycles. The number of aliphatic carboxylic acids is 1. The van der Waals surface area contributed by atoms with Crippen molar-refractivity contribution >= 4 is 23.9 Å². The Hall–Kier alpha value is -4.36. The van der Waals surface area contributed by atoms with Crippen LogP contribution in [0.1, 0.15) is 201 Å². The van der Waals surface area contributed by atoms with Crippen LogP contribution in [-0.4, -0.2) is 89.2 Å². The highest BCUT2D eigenvalue weighted by Crippen LogP contribution is 2.26. The molecule has 1 fully saturated rings. The predicted molar refractivity (Wildman–Crippen MR) is 284 cm³/mol. The van der Waals surface area contributed by atoms with Crippen LogP contribution in [0, 0.1) is 0 Å². The van der Waals surface area contributed by atoms with Gasteiger partial charge in [0.25, 0.3) is 0 Å². The van der Waals surface area contributed by atoms with Crippen LogP contribution in [0.3, 0.4) is 0 Å². The fourth-order valence-electron chi connectivity index (χ4n) is 7.47. The van der Waals surface area contributed by atoms with Crippen molar-refractivity contribution in [1.29, 1.82) is 0 Å². The molecule has 6 unspecified atom stereocenters. The van der Waals surface area contributed by atoms with Gasteiger partial charge in [-0.15, -0.1) is 0 Å². The van der Waals surface area contributed by atoms with Crippen LogP contribution in [0.5, 0.6) is 0 Å². The van der Waals surface area contributed by atoms with E-state index >= 15 is 0 Å². The molecule has 0 bridgehead atoms. The van der Waals surface area contributed by atoms with Gasteiger partial charge in [-0.2, -0.15) is 0 Å². The minimum absolute atomic E-state index is 0.135. The molecule has 1 aliphatic heterocycles. The Labute approximate surface area is 428 Å². The van der Waals surface area contributed by atoms with Crippen LogP contribution >= 0.6 is 0 Å². The van der Waals surface area contributed by atoms with Crippen molar-refractivity contribution in [3.8, 4) is 0 Å². The van der Waals surface area contributed by atoms with Crippen LogP contribution < -0.4 is 0 Å². The molecule has 0 amide bonds. The number of carboxylic acids is 1. The van der Waals surface area contributed by atoms with Crippen LogP contribution in [0.4, 0.5) is 0 Å². The average molecular weight is 995 g/mol. The van der Waals surface area contributed by atoms with Gasteiger partial charge in [0, 0.05) is 12.8 Å². The highest BCUT2D eigenvalue weighted by atomic mass is 16.7. The lowest BCUT2D eigenvalue weighted by atomic mass is 9.98. The molecule has 1 rings (SSSR count). The molecule has 1 heterocycles. The van der Waals surface area contributed by atoms with E-state index in [1.165, 1.54) is 25.7 Å². The van der Waals surface area contributed by atoms with Crippen molar-refractivity contribution in [2.75, 3.05) is 13.2 Å². The van der Waals surface area contributed by atoms with Gasteiger partial charge < -0.3 is 39.0 Å². The lowest BCUT2D eigenvalue weighted by Crippen LogP contribution is -2.61. The Bertz CT molecular complexity index is 1610. The van der Waals surface area contributed by atoms with Crippen molar-refractivity contribution in [2.45, 2.75) is 237 Å². The van der Waals surface area contributed by atoms with E-state index in [0.717, 1.165) is 116 Å². The van der Waals surface area contributed by atoms with Crippen molar-refractivity contribution in [1.82, 2.24) is 0 Å². The van der Waals surface area contributed by atoms with Gasteiger partial charge in [0.2, 0.25) is 0 Å². The molecule has 0 aromatic carbocycles. The van der Waals surface area contributed by atoms with Crippen LogP contribution in [0.25, 0.3) is 0 Å². The number of carbonyl (C=O) groups excluding carboxylic acids is 3. The van der Waals surface area contributed by atoms with Crippen molar-refractivity contribution in [2.24, 2.45) is 0 Å². The number of hydrogen-bond acceptors (Lipinski definition) is 11. The smallest absolute Gasteiger partial charge is 0.335 e. The van der Waals surface area contributed by atoms with E-state index in [9.17, 15) is 34.5 Å². The first-order chi connectivity index (χ1) is 34.6. The number of esters is 3. The number of rotatable bonds is 44. The molecule has 12 nitrogen and oxygen atoms in total. The zero-order valence-electron chi connectivity index (χ0n) is 43.9. The van der Waals surface area contributed by atoms with E-state index in [1.54, 1.807) is 12.2 Å². The zero-order chi connectivity index (χ0) is 51.8. The van der Waals surface area contributed by atoms with Crippen LogP contribution in [-0.2, 0) is 42.9 Å².